The molecule has 3 aromatic rings. The highest BCUT2D eigenvalue weighted by Gasteiger charge is 2.15. The van der Waals surface area contributed by atoms with Crippen LogP contribution in [0.25, 0.3) is 0 Å². The third-order valence-electron chi connectivity index (χ3n) is 4.37. The highest BCUT2D eigenvalue weighted by Crippen LogP contribution is 2.21. The van der Waals surface area contributed by atoms with E-state index >= 15 is 0 Å². The first kappa shape index (κ1) is 22.7. The van der Waals surface area contributed by atoms with Crippen molar-refractivity contribution < 1.29 is 19.1 Å². The van der Waals surface area contributed by atoms with Crippen LogP contribution in [0.3, 0.4) is 0 Å². The summed E-state index contributed by atoms with van der Waals surface area (Å²) in [5.41, 5.74) is 4.21. The predicted octanol–water partition coefficient (Wildman–Crippen LogP) is 3.72. The van der Waals surface area contributed by atoms with Gasteiger partial charge in [0.05, 0.1) is 11.3 Å². The van der Waals surface area contributed by atoms with E-state index in [1.165, 1.54) is 6.07 Å². The van der Waals surface area contributed by atoms with Gasteiger partial charge < -0.3 is 10.1 Å². The number of para-hydroxylation sites is 1. The first-order valence-electron chi connectivity index (χ1n) is 9.67. The molecule has 3 aromatic carbocycles. The summed E-state index contributed by atoms with van der Waals surface area (Å²) < 4.78 is 5.48. The quantitative estimate of drug-likeness (QED) is 0.197. The fourth-order valence-corrected chi connectivity index (χ4v) is 2.92. The van der Waals surface area contributed by atoms with Gasteiger partial charge in [-0.05, 0) is 42.8 Å². The van der Waals surface area contributed by atoms with Crippen molar-refractivity contribution in [3.05, 3.63) is 101 Å². The number of carbonyl (C=O) groups is 3. The number of hydrogen-bond acceptors (Lipinski definition) is 5. The molecule has 162 valence electrons. The molecule has 0 saturated carbocycles. The Hall–Kier alpha value is -3.97. The number of nitrogens with zero attached hydrogens (tertiary/aromatic N) is 1. The molecule has 0 radical (unpaired) electrons. The fourth-order valence-electron chi connectivity index (χ4n) is 2.73. The molecule has 0 saturated heterocycles. The molecule has 0 aliphatic heterocycles. The van der Waals surface area contributed by atoms with Gasteiger partial charge in [0.2, 0.25) is 0 Å². The molecule has 2 N–H and O–H groups in total. The first-order valence-corrected chi connectivity index (χ1v) is 10.1. The second-order valence-electron chi connectivity index (χ2n) is 6.70. The summed E-state index contributed by atoms with van der Waals surface area (Å²) in [6.07, 6.45) is 0. The molecule has 0 unspecified atom stereocenters. The van der Waals surface area contributed by atoms with Crippen molar-refractivity contribution in [1.82, 2.24) is 10.7 Å². The van der Waals surface area contributed by atoms with Crippen molar-refractivity contribution in [3.63, 3.8) is 0 Å². The lowest BCUT2D eigenvalue weighted by Crippen LogP contribution is -2.37. The van der Waals surface area contributed by atoms with Gasteiger partial charge >= 0.3 is 17.8 Å². The van der Waals surface area contributed by atoms with Crippen LogP contribution in [-0.4, -0.2) is 23.5 Å². The lowest BCUT2D eigenvalue weighted by molar-refractivity contribution is -0.139. The van der Waals surface area contributed by atoms with Crippen LogP contribution in [0.2, 0.25) is 5.02 Å². The lowest BCUT2D eigenvalue weighted by atomic mass is 10.1. The number of ether oxygens (including phenoxy) is 1. The molecule has 8 heteroatoms. The number of rotatable bonds is 6. The number of amides is 2. The summed E-state index contributed by atoms with van der Waals surface area (Å²) in [7, 11) is 0. The van der Waals surface area contributed by atoms with Gasteiger partial charge in [-0.1, -0.05) is 60.1 Å². The summed E-state index contributed by atoms with van der Waals surface area (Å²) in [6.45, 7) is 1.84. The summed E-state index contributed by atoms with van der Waals surface area (Å²) in [6, 6.07) is 22.3. The lowest BCUT2D eigenvalue weighted by Gasteiger charge is -2.10. The molecule has 0 aromatic heterocycles. The Labute approximate surface area is 190 Å². The number of halogens is 1. The molecule has 0 bridgehead atoms. The number of nitrogens with one attached hydrogen (secondary N) is 2. The van der Waals surface area contributed by atoms with Crippen molar-refractivity contribution in [1.29, 1.82) is 0 Å². The van der Waals surface area contributed by atoms with Crippen molar-refractivity contribution in [2.24, 2.45) is 5.10 Å². The molecule has 0 aliphatic rings. The second-order valence-corrected chi connectivity index (χ2v) is 7.14. The van der Waals surface area contributed by atoms with E-state index in [0.29, 0.717) is 21.9 Å². The molecule has 0 spiro atoms. The van der Waals surface area contributed by atoms with E-state index in [-0.39, 0.29) is 12.3 Å². The van der Waals surface area contributed by atoms with Gasteiger partial charge in [-0.25, -0.2) is 10.2 Å². The van der Waals surface area contributed by atoms with Crippen LogP contribution in [0, 0.1) is 0 Å². The molecule has 0 fully saturated rings. The van der Waals surface area contributed by atoms with Gasteiger partial charge in [0, 0.05) is 17.1 Å². The van der Waals surface area contributed by atoms with Crippen molar-refractivity contribution in [3.8, 4) is 5.75 Å². The average Bonchev–Trinajstić information content (AvgIpc) is 2.81. The summed E-state index contributed by atoms with van der Waals surface area (Å²) in [5.74, 6) is -2.06. The van der Waals surface area contributed by atoms with E-state index in [2.05, 4.69) is 15.8 Å². The molecular formula is C24H20ClN3O4. The molecular weight excluding hydrogens is 430 g/mol. The number of carbonyl (C=O) groups excluding carboxylic acids is 3. The topological polar surface area (TPSA) is 96.9 Å². The molecule has 0 aliphatic carbocycles. The number of benzene rings is 3. The maximum absolute atomic E-state index is 12.4. The highest BCUT2D eigenvalue weighted by atomic mass is 35.5. The Morgan fingerprint density at radius 3 is 2.38 bits per heavy atom. The highest BCUT2D eigenvalue weighted by molar-refractivity contribution is 6.35. The van der Waals surface area contributed by atoms with E-state index in [4.69, 9.17) is 16.3 Å². The molecule has 32 heavy (non-hydrogen) atoms. The second kappa shape index (κ2) is 10.9. The molecule has 7 nitrogen and oxygen atoms in total. The minimum Gasteiger partial charge on any atom is -0.422 e. The first-order chi connectivity index (χ1) is 15.4. The third-order valence-corrected chi connectivity index (χ3v) is 4.60. The van der Waals surface area contributed by atoms with Crippen molar-refractivity contribution in [2.75, 3.05) is 0 Å². The standard InChI is InChI=1S/C24H20ClN3O4/c1-16(27-28-23(30)22(29)26-15-17-8-3-2-4-9-17)20-12-5-6-13-21(20)32-24(31)18-10-7-11-19(25)14-18/h2-14H,15H2,1H3,(H,26,29)(H,28,30)/b27-16+. The van der Waals surface area contributed by atoms with E-state index in [0.717, 1.165) is 5.56 Å². The third kappa shape index (κ3) is 6.26. The summed E-state index contributed by atoms with van der Waals surface area (Å²) in [4.78, 5) is 36.5. The molecule has 3 rings (SSSR count). The zero-order valence-corrected chi connectivity index (χ0v) is 17.9. The van der Waals surface area contributed by atoms with E-state index < -0.39 is 17.8 Å². The van der Waals surface area contributed by atoms with Crippen LogP contribution in [0.4, 0.5) is 0 Å². The van der Waals surface area contributed by atoms with Gasteiger partial charge in [0.1, 0.15) is 5.75 Å². The zero-order valence-electron chi connectivity index (χ0n) is 17.2. The van der Waals surface area contributed by atoms with Crippen LogP contribution in [0.5, 0.6) is 5.75 Å². The van der Waals surface area contributed by atoms with Gasteiger partial charge in [0.25, 0.3) is 0 Å². The predicted molar refractivity (Wildman–Crippen MR) is 121 cm³/mol. The largest absolute Gasteiger partial charge is 0.422 e. The van der Waals surface area contributed by atoms with Gasteiger partial charge in [-0.2, -0.15) is 5.10 Å². The van der Waals surface area contributed by atoms with Gasteiger partial charge in [-0.3, -0.25) is 9.59 Å². The Balaban J connectivity index is 1.64. The molecule has 0 heterocycles. The van der Waals surface area contributed by atoms with E-state index in [1.54, 1.807) is 49.4 Å². The monoisotopic (exact) mass is 449 g/mol. The number of esters is 1. The van der Waals surface area contributed by atoms with Crippen LogP contribution in [0.15, 0.2) is 84.0 Å². The Bertz CT molecular complexity index is 1160. The van der Waals surface area contributed by atoms with Crippen LogP contribution in [0.1, 0.15) is 28.4 Å². The minimum absolute atomic E-state index is 0.220. The minimum atomic E-state index is -0.909. The van der Waals surface area contributed by atoms with E-state index in [1.807, 2.05) is 30.3 Å². The maximum Gasteiger partial charge on any atom is 0.343 e. The van der Waals surface area contributed by atoms with Crippen LogP contribution < -0.4 is 15.5 Å². The maximum atomic E-state index is 12.4. The van der Waals surface area contributed by atoms with Gasteiger partial charge in [-0.15, -0.1) is 0 Å². The molecule has 0 atom stereocenters. The zero-order chi connectivity index (χ0) is 22.9. The Morgan fingerprint density at radius 1 is 0.906 bits per heavy atom. The Morgan fingerprint density at radius 2 is 1.62 bits per heavy atom. The van der Waals surface area contributed by atoms with Crippen molar-refractivity contribution in [2.45, 2.75) is 13.5 Å². The summed E-state index contributed by atoms with van der Waals surface area (Å²) >= 11 is 5.93. The average molecular weight is 450 g/mol. The normalized spacial score (nSPS) is 10.9. The smallest absolute Gasteiger partial charge is 0.343 e. The molecule has 2 amide bonds. The number of hydrazone groups is 1. The summed E-state index contributed by atoms with van der Waals surface area (Å²) in [5, 5.41) is 6.91. The van der Waals surface area contributed by atoms with E-state index in [9.17, 15) is 14.4 Å². The van der Waals surface area contributed by atoms with Crippen molar-refractivity contribution >= 4 is 35.1 Å². The van der Waals surface area contributed by atoms with Gasteiger partial charge in [0.15, 0.2) is 0 Å². The van der Waals surface area contributed by atoms with Crippen LogP contribution in [-0.2, 0) is 16.1 Å². The van der Waals surface area contributed by atoms with Crippen LogP contribution >= 0.6 is 11.6 Å². The number of hydrogen-bond donors (Lipinski definition) is 2. The fraction of sp³-hybridized carbons (Fsp3) is 0.0833. The Kier molecular flexibility index (Phi) is 7.72. The SMILES string of the molecule is C/C(=N\NC(=O)C(=O)NCc1ccccc1)c1ccccc1OC(=O)c1cccc(Cl)c1.